The molecule has 0 spiro atoms. The van der Waals surface area contributed by atoms with Crippen LogP contribution in [0.5, 0.6) is 0 Å². The number of hydrogen-bond acceptors (Lipinski definition) is 8. The molecule has 0 aromatic rings. The third kappa shape index (κ3) is 26.7. The van der Waals surface area contributed by atoms with Gasteiger partial charge in [0.25, 0.3) is 0 Å². The maximum Gasteiger partial charge on any atom is 1.00 e. The Hall–Kier alpha value is 4.23. The summed E-state index contributed by atoms with van der Waals surface area (Å²) in [5, 5.41) is 0. The Balaban J connectivity index is -0.0000000500. The number of hydrogen-bond donors (Lipinski definition) is 0. The molecule has 0 aliphatic heterocycles. The van der Waals surface area contributed by atoms with E-state index in [-0.39, 0.29) is 126 Å². The van der Waals surface area contributed by atoms with Gasteiger partial charge in [0, 0.05) is 0 Å². The van der Waals surface area contributed by atoms with E-state index in [9.17, 15) is 28.4 Å². The molecule has 0 aromatic carbocycles. The molecule has 0 aliphatic rings. The smallest absolute Gasteiger partial charge is 0.750 e. The second-order valence-corrected chi connectivity index (χ2v) is 4.15. The third-order valence-corrected chi connectivity index (χ3v) is 3.00. The van der Waals surface area contributed by atoms with E-state index in [1.54, 1.807) is 0 Å². The Kier molecular flexibility index (Phi) is 44.4. The van der Waals surface area contributed by atoms with E-state index >= 15 is 0 Å². The Bertz CT molecular complexity index is 213. The van der Waals surface area contributed by atoms with Crippen molar-refractivity contribution in [2.45, 2.75) is 7.43 Å². The van der Waals surface area contributed by atoms with Crippen LogP contribution in [0.15, 0.2) is 0 Å². The first-order chi connectivity index (χ1) is 4.83. The molecule has 0 saturated heterocycles. The summed E-state index contributed by atoms with van der Waals surface area (Å²) in [6.07, 6.45) is 0. The van der Waals surface area contributed by atoms with Crippen LogP contribution < -0.4 is 133 Å². The zero-order valence-corrected chi connectivity index (χ0v) is 19.3. The summed E-state index contributed by atoms with van der Waals surface area (Å²) in [6, 6.07) is 0. The van der Waals surface area contributed by atoms with Crippen LogP contribution in [0.4, 0.5) is 0 Å². The van der Waals surface area contributed by atoms with Crippen LogP contribution in [0.2, 0.25) is 0 Å². The van der Waals surface area contributed by atoms with Crippen molar-refractivity contribution in [3.05, 3.63) is 0 Å². The first-order valence-electron chi connectivity index (χ1n) is 1.83. The Labute approximate surface area is 183 Å². The standard InChI is InChI=1S/CH4.4Na.HO8P3/c;;;;;1-9(2)7-11(5,6)8-10(3)4/h1H4;;;;;(H,5,6)/q;4*+1;/p-1. The SMILES string of the molecule is C.O=[P+]([O-])OP(=O)([O-])O[P+](=O)[O-].[Na+].[Na+].[Na+].[Na+]. The molecule has 2 unspecified atom stereocenters. The molecule has 16 heavy (non-hydrogen) atoms. The van der Waals surface area contributed by atoms with Crippen molar-refractivity contribution in [2.24, 2.45) is 0 Å². The van der Waals surface area contributed by atoms with Gasteiger partial charge < -0.3 is 14.7 Å². The molecule has 0 rings (SSSR count). The summed E-state index contributed by atoms with van der Waals surface area (Å²) in [5.41, 5.74) is 0. The molecule has 0 heterocycles. The first kappa shape index (κ1) is 36.9. The van der Waals surface area contributed by atoms with Crippen LogP contribution >= 0.6 is 24.3 Å². The average Bonchev–Trinajstić information content (AvgIpc) is 1.53. The maximum absolute atomic E-state index is 10.1. The summed E-state index contributed by atoms with van der Waals surface area (Å²) >= 11 is 0. The normalized spacial score (nSPS) is 12.9. The topological polar surface area (TPSA) is 139 Å². The fourth-order valence-corrected chi connectivity index (χ4v) is 1.87. The molecule has 0 aliphatic carbocycles. The molecule has 15 heteroatoms. The van der Waals surface area contributed by atoms with E-state index in [0.29, 0.717) is 0 Å². The predicted molar refractivity (Wildman–Crippen MR) is 31.7 cm³/mol. The van der Waals surface area contributed by atoms with Crippen molar-refractivity contribution < 1.29 is 155 Å². The average molecular weight is 329 g/mol. The Morgan fingerprint density at radius 2 is 1.06 bits per heavy atom. The monoisotopic (exact) mass is 329 g/mol. The van der Waals surface area contributed by atoms with Gasteiger partial charge in [-0.2, -0.15) is 0 Å². The predicted octanol–water partition coefficient (Wildman–Crippen LogP) is -12.8. The summed E-state index contributed by atoms with van der Waals surface area (Å²) in [5.74, 6) is 0. The van der Waals surface area contributed by atoms with Gasteiger partial charge in [0.05, 0.1) is 0 Å². The first-order valence-corrected chi connectivity index (χ1v) is 5.48. The Morgan fingerprint density at radius 3 is 1.19 bits per heavy atom. The summed E-state index contributed by atoms with van der Waals surface area (Å²) in [4.78, 5) is 29.2. The van der Waals surface area contributed by atoms with Crippen molar-refractivity contribution in [3.63, 3.8) is 0 Å². The molecule has 2 atom stereocenters. The fraction of sp³-hybridized carbons (Fsp3) is 1.00. The van der Waals surface area contributed by atoms with E-state index in [2.05, 4.69) is 8.62 Å². The van der Waals surface area contributed by atoms with Gasteiger partial charge in [0.1, 0.15) is 0 Å². The minimum absolute atomic E-state index is 0. The molecule has 0 bridgehead atoms. The van der Waals surface area contributed by atoms with Gasteiger partial charge in [0.2, 0.25) is 0 Å². The van der Waals surface area contributed by atoms with Crippen LogP contribution in [-0.2, 0) is 22.3 Å². The molecular weight excluding hydrogens is 325 g/mol. The van der Waals surface area contributed by atoms with E-state index in [0.717, 1.165) is 0 Å². The summed E-state index contributed by atoms with van der Waals surface area (Å²) in [6.45, 7) is 0. The largest absolute Gasteiger partial charge is 1.00 e. The van der Waals surface area contributed by atoms with Gasteiger partial charge in [-0.25, -0.2) is 0 Å². The molecule has 0 fully saturated rings. The molecule has 0 radical (unpaired) electrons. The van der Waals surface area contributed by atoms with Crippen LogP contribution in [0.3, 0.4) is 0 Å². The van der Waals surface area contributed by atoms with Crippen LogP contribution in [0.1, 0.15) is 7.43 Å². The molecule has 0 aromatic heterocycles. The van der Waals surface area contributed by atoms with Crippen molar-refractivity contribution in [3.8, 4) is 0 Å². The van der Waals surface area contributed by atoms with Crippen LogP contribution in [-0.4, -0.2) is 0 Å². The van der Waals surface area contributed by atoms with Gasteiger partial charge >= 0.3 is 143 Å². The van der Waals surface area contributed by atoms with Gasteiger partial charge in [0.15, 0.2) is 0 Å². The third-order valence-electron chi connectivity index (χ3n) is 0.333. The van der Waals surface area contributed by atoms with E-state index in [1.165, 1.54) is 0 Å². The van der Waals surface area contributed by atoms with Crippen LogP contribution in [0.25, 0.3) is 0 Å². The summed E-state index contributed by atoms with van der Waals surface area (Å²) < 4.78 is 35.4. The quantitative estimate of drug-likeness (QED) is 0.366. The van der Waals surface area contributed by atoms with E-state index < -0.39 is 24.3 Å². The zero-order valence-electron chi connectivity index (χ0n) is 8.61. The van der Waals surface area contributed by atoms with E-state index in [1.807, 2.05) is 0 Å². The number of phosphoric acid groups is 1. The molecular formula is CH4Na4O8P3+3. The fourth-order valence-electron chi connectivity index (χ4n) is 0.178. The van der Waals surface area contributed by atoms with Crippen molar-refractivity contribution in [2.75, 3.05) is 0 Å². The van der Waals surface area contributed by atoms with Crippen molar-refractivity contribution in [1.82, 2.24) is 0 Å². The minimum Gasteiger partial charge on any atom is -0.750 e. The van der Waals surface area contributed by atoms with Gasteiger partial charge in [-0.15, -0.1) is 0 Å². The second kappa shape index (κ2) is 19.2. The zero-order chi connectivity index (χ0) is 9.07. The van der Waals surface area contributed by atoms with Gasteiger partial charge in [-0.3, -0.25) is 4.57 Å². The molecule has 8 nitrogen and oxygen atoms in total. The summed E-state index contributed by atoms with van der Waals surface area (Å²) in [7, 11) is -12.6. The van der Waals surface area contributed by atoms with Crippen molar-refractivity contribution in [1.29, 1.82) is 0 Å². The van der Waals surface area contributed by atoms with Gasteiger partial charge in [-0.1, -0.05) is 16.0 Å². The molecule has 0 amide bonds. The van der Waals surface area contributed by atoms with Crippen LogP contribution in [0, 0.1) is 0 Å². The molecule has 72 valence electrons. The molecule has 0 N–H and O–H groups in total. The Morgan fingerprint density at radius 1 is 0.875 bits per heavy atom. The number of rotatable bonds is 4. The maximum atomic E-state index is 10.1. The minimum atomic E-state index is -5.25. The van der Waals surface area contributed by atoms with Gasteiger partial charge in [-0.05, 0) is 9.13 Å². The van der Waals surface area contributed by atoms with E-state index in [4.69, 9.17) is 0 Å². The molecule has 0 saturated carbocycles. The second-order valence-electron chi connectivity index (χ2n) is 1.06. The van der Waals surface area contributed by atoms with Crippen molar-refractivity contribution >= 4 is 24.3 Å².